The summed E-state index contributed by atoms with van der Waals surface area (Å²) in [5, 5.41) is 18.0. The minimum Gasteiger partial charge on any atom is -0.480 e. The molecule has 1 heterocycles. The van der Waals surface area contributed by atoms with Gasteiger partial charge in [0.1, 0.15) is 6.04 Å². The standard InChI is InChI=1S/C12H14N2O2S/c1-13-9(12(15)16)6-14-10-7-17-11-5-3-2-4-8(10)11/h2-5,7,9,13-14H,6H2,1H3,(H,15,16). The fourth-order valence-electron chi connectivity index (χ4n) is 1.64. The van der Waals surface area contributed by atoms with Crippen molar-refractivity contribution in [3.8, 4) is 0 Å². The van der Waals surface area contributed by atoms with Crippen molar-refractivity contribution in [1.82, 2.24) is 5.32 Å². The van der Waals surface area contributed by atoms with E-state index in [-0.39, 0.29) is 0 Å². The smallest absolute Gasteiger partial charge is 0.322 e. The number of fused-ring (bicyclic) bond motifs is 1. The van der Waals surface area contributed by atoms with E-state index in [1.165, 1.54) is 4.70 Å². The highest BCUT2D eigenvalue weighted by Gasteiger charge is 2.14. The van der Waals surface area contributed by atoms with Crippen LogP contribution in [0.15, 0.2) is 29.6 Å². The topological polar surface area (TPSA) is 61.4 Å². The Balaban J connectivity index is 2.11. The third-order valence-corrected chi connectivity index (χ3v) is 3.59. The van der Waals surface area contributed by atoms with Gasteiger partial charge >= 0.3 is 5.97 Å². The predicted octanol–water partition coefficient (Wildman–Crippen LogP) is 1.99. The summed E-state index contributed by atoms with van der Waals surface area (Å²) in [4.78, 5) is 10.9. The maximum atomic E-state index is 10.9. The van der Waals surface area contributed by atoms with E-state index in [1.54, 1.807) is 18.4 Å². The molecule has 1 unspecified atom stereocenters. The average molecular weight is 250 g/mol. The molecule has 3 N–H and O–H groups in total. The number of likely N-dealkylation sites (N-methyl/N-ethyl adjacent to an activating group) is 1. The highest BCUT2D eigenvalue weighted by molar-refractivity contribution is 7.17. The largest absolute Gasteiger partial charge is 0.480 e. The SMILES string of the molecule is CNC(CNc1csc2ccccc12)C(=O)O. The lowest BCUT2D eigenvalue weighted by Gasteiger charge is -2.12. The van der Waals surface area contributed by atoms with Crippen molar-refractivity contribution in [3.63, 3.8) is 0 Å². The number of benzene rings is 1. The summed E-state index contributed by atoms with van der Waals surface area (Å²) in [6, 6.07) is 7.48. The number of hydrogen-bond acceptors (Lipinski definition) is 4. The van der Waals surface area contributed by atoms with Gasteiger partial charge in [0, 0.05) is 22.0 Å². The number of aliphatic carboxylic acids is 1. The van der Waals surface area contributed by atoms with Crippen LogP contribution in [0.25, 0.3) is 10.1 Å². The van der Waals surface area contributed by atoms with Crippen LogP contribution in [-0.4, -0.2) is 30.7 Å². The molecular weight excluding hydrogens is 236 g/mol. The second-order valence-corrected chi connectivity index (χ2v) is 4.62. The number of nitrogens with one attached hydrogen (secondary N) is 2. The molecule has 2 aromatic rings. The number of carboxylic acid groups (broad SMARTS) is 1. The summed E-state index contributed by atoms with van der Waals surface area (Å²) in [5.74, 6) is -0.848. The van der Waals surface area contributed by atoms with Crippen molar-refractivity contribution in [3.05, 3.63) is 29.6 Å². The summed E-state index contributed by atoms with van der Waals surface area (Å²) < 4.78 is 1.20. The molecule has 0 fully saturated rings. The molecule has 0 bridgehead atoms. The first-order valence-corrected chi connectivity index (χ1v) is 6.20. The van der Waals surface area contributed by atoms with Crippen LogP contribution < -0.4 is 10.6 Å². The minimum atomic E-state index is -0.848. The summed E-state index contributed by atoms with van der Waals surface area (Å²) >= 11 is 1.65. The Morgan fingerprint density at radius 2 is 2.24 bits per heavy atom. The predicted molar refractivity (Wildman–Crippen MR) is 70.8 cm³/mol. The molecule has 0 saturated carbocycles. The van der Waals surface area contributed by atoms with Crippen molar-refractivity contribution >= 4 is 33.1 Å². The van der Waals surface area contributed by atoms with Crippen LogP contribution in [0, 0.1) is 0 Å². The molecule has 17 heavy (non-hydrogen) atoms. The van der Waals surface area contributed by atoms with E-state index in [0.717, 1.165) is 11.1 Å². The molecule has 0 aliphatic rings. The van der Waals surface area contributed by atoms with E-state index >= 15 is 0 Å². The molecule has 1 atom stereocenters. The third kappa shape index (κ3) is 2.57. The molecule has 0 aliphatic heterocycles. The molecule has 0 radical (unpaired) electrons. The van der Waals surface area contributed by atoms with Crippen LogP contribution in [0.3, 0.4) is 0 Å². The van der Waals surface area contributed by atoms with Crippen molar-refractivity contribution in [2.45, 2.75) is 6.04 Å². The lowest BCUT2D eigenvalue weighted by atomic mass is 10.2. The molecule has 90 valence electrons. The zero-order valence-electron chi connectivity index (χ0n) is 9.43. The molecule has 1 aromatic heterocycles. The van der Waals surface area contributed by atoms with Crippen LogP contribution in [0.1, 0.15) is 0 Å². The fraction of sp³-hybridized carbons (Fsp3) is 0.250. The molecular formula is C12H14N2O2S. The van der Waals surface area contributed by atoms with Gasteiger partial charge in [-0.3, -0.25) is 4.79 Å². The maximum Gasteiger partial charge on any atom is 0.322 e. The van der Waals surface area contributed by atoms with Crippen LogP contribution in [0.5, 0.6) is 0 Å². The Labute approximate surface area is 103 Å². The number of carboxylic acids is 1. The average Bonchev–Trinajstić information content (AvgIpc) is 2.73. The monoisotopic (exact) mass is 250 g/mol. The van der Waals surface area contributed by atoms with Gasteiger partial charge in [-0.15, -0.1) is 11.3 Å². The molecule has 0 saturated heterocycles. The van der Waals surface area contributed by atoms with Crippen molar-refractivity contribution in [2.24, 2.45) is 0 Å². The van der Waals surface area contributed by atoms with E-state index in [9.17, 15) is 4.79 Å². The Morgan fingerprint density at radius 1 is 1.47 bits per heavy atom. The molecule has 5 heteroatoms. The van der Waals surface area contributed by atoms with Gasteiger partial charge in [-0.25, -0.2) is 0 Å². The number of anilines is 1. The van der Waals surface area contributed by atoms with Gasteiger partial charge in [0.05, 0.1) is 5.69 Å². The number of thiophene rings is 1. The molecule has 1 aromatic carbocycles. The molecule has 2 rings (SSSR count). The molecule has 4 nitrogen and oxygen atoms in total. The second-order valence-electron chi connectivity index (χ2n) is 3.71. The molecule has 0 aliphatic carbocycles. The van der Waals surface area contributed by atoms with Crippen LogP contribution >= 0.6 is 11.3 Å². The van der Waals surface area contributed by atoms with Crippen molar-refractivity contribution < 1.29 is 9.90 Å². The highest BCUT2D eigenvalue weighted by Crippen LogP contribution is 2.29. The van der Waals surface area contributed by atoms with E-state index in [4.69, 9.17) is 5.11 Å². The first-order chi connectivity index (χ1) is 8.22. The fourth-order valence-corrected chi connectivity index (χ4v) is 2.56. The van der Waals surface area contributed by atoms with E-state index in [2.05, 4.69) is 16.7 Å². The summed E-state index contributed by atoms with van der Waals surface area (Å²) in [6.45, 7) is 0.368. The lowest BCUT2D eigenvalue weighted by Crippen LogP contribution is -2.39. The Morgan fingerprint density at radius 3 is 2.94 bits per heavy atom. The second kappa shape index (κ2) is 5.16. The number of hydrogen-bond donors (Lipinski definition) is 3. The van der Waals surface area contributed by atoms with Gasteiger partial charge in [0.25, 0.3) is 0 Å². The normalized spacial score (nSPS) is 12.5. The number of carbonyl (C=O) groups is 1. The Hall–Kier alpha value is -1.59. The highest BCUT2D eigenvalue weighted by atomic mass is 32.1. The van der Waals surface area contributed by atoms with Gasteiger partial charge in [-0.1, -0.05) is 18.2 Å². The van der Waals surface area contributed by atoms with Crippen LogP contribution in [0.2, 0.25) is 0 Å². The zero-order chi connectivity index (χ0) is 12.3. The quantitative estimate of drug-likeness (QED) is 0.759. The summed E-state index contributed by atoms with van der Waals surface area (Å²) in [7, 11) is 1.65. The summed E-state index contributed by atoms with van der Waals surface area (Å²) in [5.41, 5.74) is 0.993. The van der Waals surface area contributed by atoms with Gasteiger partial charge in [0.15, 0.2) is 0 Å². The van der Waals surface area contributed by atoms with Gasteiger partial charge in [-0.05, 0) is 13.1 Å². The van der Waals surface area contributed by atoms with Crippen molar-refractivity contribution in [2.75, 3.05) is 18.9 Å². The third-order valence-electron chi connectivity index (χ3n) is 2.62. The Bertz CT molecular complexity index is 524. The van der Waals surface area contributed by atoms with Crippen LogP contribution in [0.4, 0.5) is 5.69 Å². The molecule has 0 amide bonds. The first-order valence-electron chi connectivity index (χ1n) is 5.32. The van der Waals surface area contributed by atoms with Gasteiger partial charge < -0.3 is 15.7 Å². The minimum absolute atomic E-state index is 0.368. The summed E-state index contributed by atoms with van der Waals surface area (Å²) in [6.07, 6.45) is 0. The first kappa shape index (κ1) is 11.9. The zero-order valence-corrected chi connectivity index (χ0v) is 10.3. The van der Waals surface area contributed by atoms with E-state index in [0.29, 0.717) is 6.54 Å². The lowest BCUT2D eigenvalue weighted by molar-refractivity contribution is -0.138. The number of rotatable bonds is 5. The maximum absolute atomic E-state index is 10.9. The van der Waals surface area contributed by atoms with E-state index < -0.39 is 12.0 Å². The Kier molecular flexibility index (Phi) is 3.61. The van der Waals surface area contributed by atoms with E-state index in [1.807, 2.05) is 23.6 Å². The van der Waals surface area contributed by atoms with Crippen LogP contribution in [-0.2, 0) is 4.79 Å². The molecule has 0 spiro atoms. The van der Waals surface area contributed by atoms with Gasteiger partial charge in [0.2, 0.25) is 0 Å². The van der Waals surface area contributed by atoms with Gasteiger partial charge in [-0.2, -0.15) is 0 Å². The van der Waals surface area contributed by atoms with Crippen molar-refractivity contribution in [1.29, 1.82) is 0 Å².